The van der Waals surface area contributed by atoms with Gasteiger partial charge in [0, 0.05) is 12.5 Å². The molecule has 1 rings (SSSR count). The third kappa shape index (κ3) is 2.56. The molecule has 1 unspecified atom stereocenters. The van der Waals surface area contributed by atoms with E-state index >= 15 is 0 Å². The Labute approximate surface area is 88.2 Å². The fourth-order valence-corrected chi connectivity index (χ4v) is 1.70. The molecule has 5 nitrogen and oxygen atoms in total. The molecular formula is C10H15NO4. The van der Waals surface area contributed by atoms with E-state index in [1.807, 2.05) is 6.92 Å². The molecule has 15 heavy (non-hydrogen) atoms. The highest BCUT2D eigenvalue weighted by Gasteiger charge is 2.31. The Hall–Kier alpha value is -1.36. The minimum atomic E-state index is -0.886. The van der Waals surface area contributed by atoms with Crippen LogP contribution in [0.1, 0.15) is 19.8 Å². The van der Waals surface area contributed by atoms with Crippen LogP contribution in [-0.4, -0.2) is 35.1 Å². The van der Waals surface area contributed by atoms with Gasteiger partial charge in [-0.05, 0) is 12.8 Å². The summed E-state index contributed by atoms with van der Waals surface area (Å²) in [5, 5.41) is 8.13. The van der Waals surface area contributed by atoms with Gasteiger partial charge in [-0.1, -0.05) is 13.5 Å². The van der Waals surface area contributed by atoms with Crippen LogP contribution in [0.15, 0.2) is 12.2 Å². The third-order valence-corrected chi connectivity index (χ3v) is 2.65. The predicted molar refractivity (Wildman–Crippen MR) is 52.8 cm³/mol. The van der Waals surface area contributed by atoms with Crippen molar-refractivity contribution < 1.29 is 19.7 Å². The Kier molecular flexibility index (Phi) is 3.85. The molecule has 0 aromatic heterocycles. The van der Waals surface area contributed by atoms with E-state index in [0.717, 1.165) is 12.8 Å². The van der Waals surface area contributed by atoms with Gasteiger partial charge in [-0.2, -0.15) is 5.26 Å². The second kappa shape index (κ2) is 4.93. The van der Waals surface area contributed by atoms with Crippen molar-refractivity contribution in [3.05, 3.63) is 12.2 Å². The summed E-state index contributed by atoms with van der Waals surface area (Å²) in [6.07, 6.45) is 1.63. The fourth-order valence-electron chi connectivity index (χ4n) is 1.70. The van der Waals surface area contributed by atoms with Crippen molar-refractivity contribution in [2.24, 2.45) is 5.92 Å². The van der Waals surface area contributed by atoms with E-state index in [1.165, 1.54) is 0 Å². The van der Waals surface area contributed by atoms with Gasteiger partial charge in [0.2, 0.25) is 5.91 Å². The van der Waals surface area contributed by atoms with Gasteiger partial charge in [0.05, 0.1) is 12.1 Å². The lowest BCUT2D eigenvalue weighted by molar-refractivity contribution is -0.229. The van der Waals surface area contributed by atoms with E-state index in [4.69, 9.17) is 5.26 Å². The number of nitrogens with zero attached hydrogens (tertiary/aromatic N) is 1. The molecule has 5 heteroatoms. The van der Waals surface area contributed by atoms with Crippen molar-refractivity contribution in [3.63, 3.8) is 0 Å². The number of hydrogen-bond donors (Lipinski definition) is 1. The summed E-state index contributed by atoms with van der Waals surface area (Å²) in [7, 11) is 0. The normalized spacial score (nSPS) is 20.5. The van der Waals surface area contributed by atoms with Crippen LogP contribution in [0.5, 0.6) is 0 Å². The summed E-state index contributed by atoms with van der Waals surface area (Å²) in [5.41, 5.74) is 0.0857. The molecule has 1 aliphatic rings. The molecule has 0 aromatic carbocycles. The van der Waals surface area contributed by atoms with E-state index in [-0.39, 0.29) is 23.9 Å². The molecule has 1 heterocycles. The molecule has 1 amide bonds. The third-order valence-electron chi connectivity index (χ3n) is 2.65. The van der Waals surface area contributed by atoms with Crippen molar-refractivity contribution in [1.29, 1.82) is 0 Å². The molecule has 0 spiro atoms. The number of likely N-dealkylation sites (tertiary alicyclic amines) is 1. The summed E-state index contributed by atoms with van der Waals surface area (Å²) in [5.74, 6) is -0.782. The van der Waals surface area contributed by atoms with E-state index in [2.05, 4.69) is 11.5 Å². The van der Waals surface area contributed by atoms with Crippen LogP contribution in [-0.2, 0) is 14.5 Å². The SMILES string of the molecule is C=C(CN1CCC(CC)C1=O)C(=O)OO. The fraction of sp³-hybridized carbons (Fsp3) is 0.600. The van der Waals surface area contributed by atoms with E-state index in [1.54, 1.807) is 4.90 Å². The summed E-state index contributed by atoms with van der Waals surface area (Å²) >= 11 is 0. The van der Waals surface area contributed by atoms with Gasteiger partial charge in [-0.15, -0.1) is 0 Å². The van der Waals surface area contributed by atoms with E-state index in [0.29, 0.717) is 6.54 Å². The van der Waals surface area contributed by atoms with Gasteiger partial charge < -0.3 is 4.90 Å². The Balaban J connectivity index is 2.51. The molecule has 0 radical (unpaired) electrons. The van der Waals surface area contributed by atoms with Crippen LogP contribution < -0.4 is 0 Å². The zero-order valence-electron chi connectivity index (χ0n) is 8.73. The maximum atomic E-state index is 11.7. The average Bonchev–Trinajstić information content (AvgIpc) is 2.58. The molecule has 1 N–H and O–H groups in total. The van der Waals surface area contributed by atoms with Gasteiger partial charge in [0.15, 0.2) is 0 Å². The minimum absolute atomic E-state index is 0.0457. The zero-order chi connectivity index (χ0) is 11.4. The highest BCUT2D eigenvalue weighted by Crippen LogP contribution is 2.21. The Morgan fingerprint density at radius 3 is 2.87 bits per heavy atom. The summed E-state index contributed by atoms with van der Waals surface area (Å²) in [4.78, 5) is 27.6. The van der Waals surface area contributed by atoms with Crippen molar-refractivity contribution in [2.75, 3.05) is 13.1 Å². The highest BCUT2D eigenvalue weighted by molar-refractivity contribution is 5.89. The van der Waals surface area contributed by atoms with Gasteiger partial charge in [0.25, 0.3) is 0 Å². The first-order chi connectivity index (χ1) is 7.10. The summed E-state index contributed by atoms with van der Waals surface area (Å²) < 4.78 is 0. The Bertz CT molecular complexity index is 287. The standard InChI is InChI=1S/C10H15NO4/c1-3-8-4-5-11(9(8)12)6-7(2)10(13)15-14/h8,14H,2-6H2,1H3. The molecule has 0 bridgehead atoms. The molecule has 0 saturated carbocycles. The van der Waals surface area contributed by atoms with Crippen LogP contribution in [0.2, 0.25) is 0 Å². The predicted octanol–water partition coefficient (Wildman–Crippen LogP) is 0.817. The first kappa shape index (κ1) is 11.7. The van der Waals surface area contributed by atoms with Gasteiger partial charge in [0.1, 0.15) is 0 Å². The van der Waals surface area contributed by atoms with Crippen LogP contribution >= 0.6 is 0 Å². The number of carbonyl (C=O) groups is 2. The van der Waals surface area contributed by atoms with Crippen molar-refractivity contribution in [3.8, 4) is 0 Å². The average molecular weight is 213 g/mol. The lowest BCUT2D eigenvalue weighted by Gasteiger charge is -2.16. The summed E-state index contributed by atoms with van der Waals surface area (Å²) in [6.45, 7) is 6.17. The van der Waals surface area contributed by atoms with Crippen LogP contribution in [0.25, 0.3) is 0 Å². The smallest absolute Gasteiger partial charge is 0.338 e. The highest BCUT2D eigenvalue weighted by atomic mass is 17.1. The van der Waals surface area contributed by atoms with Crippen molar-refractivity contribution >= 4 is 11.9 Å². The molecule has 1 saturated heterocycles. The molecule has 0 aromatic rings. The maximum absolute atomic E-state index is 11.7. The quantitative estimate of drug-likeness (QED) is 0.426. The zero-order valence-corrected chi connectivity index (χ0v) is 8.73. The van der Waals surface area contributed by atoms with Crippen molar-refractivity contribution in [1.82, 2.24) is 4.90 Å². The molecule has 1 atom stereocenters. The van der Waals surface area contributed by atoms with Crippen molar-refractivity contribution in [2.45, 2.75) is 19.8 Å². The monoisotopic (exact) mass is 213 g/mol. The molecule has 1 aliphatic heterocycles. The second-order valence-corrected chi connectivity index (χ2v) is 3.64. The Morgan fingerprint density at radius 1 is 1.73 bits per heavy atom. The lowest BCUT2D eigenvalue weighted by Crippen LogP contribution is -2.31. The maximum Gasteiger partial charge on any atom is 0.370 e. The first-order valence-corrected chi connectivity index (χ1v) is 4.92. The topological polar surface area (TPSA) is 66.8 Å². The van der Waals surface area contributed by atoms with Gasteiger partial charge >= 0.3 is 5.97 Å². The number of amides is 1. The number of hydrogen-bond acceptors (Lipinski definition) is 4. The number of rotatable bonds is 4. The summed E-state index contributed by atoms with van der Waals surface area (Å²) in [6, 6.07) is 0. The number of carbonyl (C=O) groups excluding carboxylic acids is 2. The van der Waals surface area contributed by atoms with E-state index < -0.39 is 5.97 Å². The van der Waals surface area contributed by atoms with Crippen LogP contribution in [0, 0.1) is 5.92 Å². The van der Waals surface area contributed by atoms with Gasteiger partial charge in [-0.25, -0.2) is 4.79 Å². The minimum Gasteiger partial charge on any atom is -0.338 e. The van der Waals surface area contributed by atoms with E-state index in [9.17, 15) is 9.59 Å². The lowest BCUT2D eigenvalue weighted by atomic mass is 10.1. The second-order valence-electron chi connectivity index (χ2n) is 3.64. The van der Waals surface area contributed by atoms with Gasteiger partial charge in [-0.3, -0.25) is 9.68 Å². The molecule has 84 valence electrons. The molecule has 0 aliphatic carbocycles. The largest absolute Gasteiger partial charge is 0.370 e. The Morgan fingerprint density at radius 2 is 2.40 bits per heavy atom. The molecular weight excluding hydrogens is 198 g/mol. The van der Waals surface area contributed by atoms with Crippen LogP contribution in [0.4, 0.5) is 0 Å². The first-order valence-electron chi connectivity index (χ1n) is 4.92. The van der Waals surface area contributed by atoms with Crippen LogP contribution in [0.3, 0.4) is 0 Å². The molecule has 1 fully saturated rings.